The molecule has 2 atom stereocenters. The normalized spacial score (nSPS) is 45.4. The van der Waals surface area contributed by atoms with Crippen molar-refractivity contribution >= 4 is 0 Å². The molecule has 0 aromatic heterocycles. The average Bonchev–Trinajstić information content (AvgIpc) is 2.38. The SMILES string of the molecule is CCC1CCC(C#N)(C2(O)CCOC(C)C2)CC1. The van der Waals surface area contributed by atoms with Crippen LogP contribution < -0.4 is 0 Å². The van der Waals surface area contributed by atoms with Gasteiger partial charge in [-0.1, -0.05) is 13.3 Å². The summed E-state index contributed by atoms with van der Waals surface area (Å²) in [5.74, 6) is 0.743. The largest absolute Gasteiger partial charge is 0.388 e. The lowest BCUT2D eigenvalue weighted by Crippen LogP contribution is -2.54. The third-order valence-corrected chi connectivity index (χ3v) is 5.18. The molecule has 3 nitrogen and oxygen atoms in total. The highest BCUT2D eigenvalue weighted by molar-refractivity contribution is 5.14. The van der Waals surface area contributed by atoms with Gasteiger partial charge in [0.05, 0.1) is 23.2 Å². The lowest BCUT2D eigenvalue weighted by atomic mass is 9.59. The first-order chi connectivity index (χ1) is 8.55. The first-order valence-corrected chi connectivity index (χ1v) is 7.30. The van der Waals surface area contributed by atoms with Crippen molar-refractivity contribution in [1.29, 1.82) is 5.26 Å². The van der Waals surface area contributed by atoms with Crippen LogP contribution in [0.15, 0.2) is 0 Å². The van der Waals surface area contributed by atoms with Gasteiger partial charge in [0.25, 0.3) is 0 Å². The predicted octanol–water partition coefficient (Wildman–Crippen LogP) is 3.03. The molecule has 2 aliphatic rings. The number of ether oxygens (including phenoxy) is 1. The lowest BCUT2D eigenvalue weighted by molar-refractivity contribution is -0.158. The fraction of sp³-hybridized carbons (Fsp3) is 0.933. The highest BCUT2D eigenvalue weighted by Gasteiger charge is 2.53. The molecule has 1 aliphatic carbocycles. The highest BCUT2D eigenvalue weighted by Crippen LogP contribution is 2.51. The molecule has 2 unspecified atom stereocenters. The molecule has 1 saturated carbocycles. The van der Waals surface area contributed by atoms with E-state index < -0.39 is 11.0 Å². The Balaban J connectivity index is 2.15. The van der Waals surface area contributed by atoms with Crippen LogP contribution in [0, 0.1) is 22.7 Å². The molecular weight excluding hydrogens is 226 g/mol. The second-order valence-electron chi connectivity index (χ2n) is 6.21. The lowest BCUT2D eigenvalue weighted by Gasteiger charge is -2.49. The van der Waals surface area contributed by atoms with Gasteiger partial charge in [0.15, 0.2) is 0 Å². The van der Waals surface area contributed by atoms with Gasteiger partial charge in [0.2, 0.25) is 0 Å². The van der Waals surface area contributed by atoms with E-state index in [4.69, 9.17) is 4.74 Å². The Bertz CT molecular complexity index is 328. The summed E-state index contributed by atoms with van der Waals surface area (Å²) < 4.78 is 5.53. The van der Waals surface area contributed by atoms with Crippen LogP contribution in [-0.4, -0.2) is 23.4 Å². The number of nitrogens with zero attached hydrogens (tertiary/aromatic N) is 1. The van der Waals surface area contributed by atoms with Gasteiger partial charge >= 0.3 is 0 Å². The van der Waals surface area contributed by atoms with Crippen LogP contribution in [0.1, 0.15) is 58.8 Å². The number of nitriles is 1. The third kappa shape index (κ3) is 2.29. The summed E-state index contributed by atoms with van der Waals surface area (Å²) >= 11 is 0. The van der Waals surface area contributed by atoms with E-state index in [1.807, 2.05) is 6.92 Å². The van der Waals surface area contributed by atoms with Crippen molar-refractivity contribution in [3.63, 3.8) is 0 Å². The van der Waals surface area contributed by atoms with Crippen LogP contribution in [-0.2, 0) is 4.74 Å². The minimum atomic E-state index is -0.835. The van der Waals surface area contributed by atoms with Gasteiger partial charge in [0.1, 0.15) is 0 Å². The topological polar surface area (TPSA) is 53.2 Å². The van der Waals surface area contributed by atoms with Crippen molar-refractivity contribution in [2.24, 2.45) is 11.3 Å². The number of hydrogen-bond acceptors (Lipinski definition) is 3. The first kappa shape index (κ1) is 13.8. The van der Waals surface area contributed by atoms with E-state index in [-0.39, 0.29) is 6.10 Å². The van der Waals surface area contributed by atoms with E-state index in [1.165, 1.54) is 6.42 Å². The average molecular weight is 251 g/mol. The Morgan fingerprint density at radius 3 is 2.50 bits per heavy atom. The maximum absolute atomic E-state index is 11.0. The van der Waals surface area contributed by atoms with Crippen LogP contribution in [0.4, 0.5) is 0 Å². The minimum Gasteiger partial charge on any atom is -0.388 e. The van der Waals surface area contributed by atoms with Gasteiger partial charge in [-0.3, -0.25) is 0 Å². The Morgan fingerprint density at radius 2 is 2.00 bits per heavy atom. The first-order valence-electron chi connectivity index (χ1n) is 7.30. The summed E-state index contributed by atoms with van der Waals surface area (Å²) in [6.07, 6.45) is 6.36. The molecule has 0 radical (unpaired) electrons. The van der Waals surface area contributed by atoms with Crippen molar-refractivity contribution in [1.82, 2.24) is 0 Å². The molecular formula is C15H25NO2. The molecule has 0 spiro atoms. The summed E-state index contributed by atoms with van der Waals surface area (Å²) in [7, 11) is 0. The molecule has 102 valence electrons. The number of hydrogen-bond donors (Lipinski definition) is 1. The summed E-state index contributed by atoms with van der Waals surface area (Å²) in [6, 6.07) is 2.49. The van der Waals surface area contributed by atoms with Crippen LogP contribution in [0.2, 0.25) is 0 Å². The zero-order chi connectivity index (χ0) is 13.2. The van der Waals surface area contributed by atoms with Crippen molar-refractivity contribution in [3.05, 3.63) is 0 Å². The van der Waals surface area contributed by atoms with Crippen molar-refractivity contribution in [2.75, 3.05) is 6.61 Å². The van der Waals surface area contributed by atoms with Crippen molar-refractivity contribution < 1.29 is 9.84 Å². The smallest absolute Gasteiger partial charge is 0.0879 e. The Kier molecular flexibility index (Phi) is 3.99. The van der Waals surface area contributed by atoms with Crippen LogP contribution in [0.25, 0.3) is 0 Å². The van der Waals surface area contributed by atoms with Crippen LogP contribution in [0.5, 0.6) is 0 Å². The molecule has 2 fully saturated rings. The van der Waals surface area contributed by atoms with Gasteiger partial charge in [-0.15, -0.1) is 0 Å². The van der Waals surface area contributed by atoms with Gasteiger partial charge in [0, 0.05) is 19.4 Å². The Morgan fingerprint density at radius 1 is 1.33 bits per heavy atom. The van der Waals surface area contributed by atoms with E-state index in [1.54, 1.807) is 0 Å². The summed E-state index contributed by atoms with van der Waals surface area (Å²) in [5.41, 5.74) is -1.37. The van der Waals surface area contributed by atoms with E-state index in [0.717, 1.165) is 31.6 Å². The highest BCUT2D eigenvalue weighted by atomic mass is 16.5. The van der Waals surface area contributed by atoms with Gasteiger partial charge in [-0.25, -0.2) is 0 Å². The zero-order valence-electron chi connectivity index (χ0n) is 11.6. The van der Waals surface area contributed by atoms with Gasteiger partial charge in [-0.2, -0.15) is 5.26 Å². The molecule has 1 saturated heterocycles. The number of rotatable bonds is 2. The quantitative estimate of drug-likeness (QED) is 0.820. The second kappa shape index (κ2) is 5.19. The predicted molar refractivity (Wildman–Crippen MR) is 69.9 cm³/mol. The van der Waals surface area contributed by atoms with E-state index in [0.29, 0.717) is 19.4 Å². The minimum absolute atomic E-state index is 0.0675. The monoisotopic (exact) mass is 251 g/mol. The molecule has 18 heavy (non-hydrogen) atoms. The fourth-order valence-corrected chi connectivity index (χ4v) is 3.76. The molecule has 3 heteroatoms. The maximum Gasteiger partial charge on any atom is 0.0879 e. The molecule has 0 aromatic rings. The van der Waals surface area contributed by atoms with Crippen molar-refractivity contribution in [3.8, 4) is 6.07 Å². The standard InChI is InChI=1S/C15H25NO2/c1-3-13-4-6-14(11-16,7-5-13)15(17)8-9-18-12(2)10-15/h12-13,17H,3-10H2,1-2H3. The van der Waals surface area contributed by atoms with Crippen molar-refractivity contribution in [2.45, 2.75) is 70.5 Å². The third-order valence-electron chi connectivity index (χ3n) is 5.18. The Hall–Kier alpha value is -0.590. The van der Waals surface area contributed by atoms with Crippen LogP contribution in [0.3, 0.4) is 0 Å². The second-order valence-corrected chi connectivity index (χ2v) is 6.21. The van der Waals surface area contributed by atoms with Gasteiger partial charge in [-0.05, 0) is 38.5 Å². The fourth-order valence-electron chi connectivity index (χ4n) is 3.76. The molecule has 1 N–H and O–H groups in total. The van der Waals surface area contributed by atoms with Crippen LogP contribution >= 0.6 is 0 Å². The zero-order valence-corrected chi connectivity index (χ0v) is 11.6. The summed E-state index contributed by atoms with van der Waals surface area (Å²) in [6.45, 7) is 4.79. The van der Waals surface area contributed by atoms with E-state index in [2.05, 4.69) is 13.0 Å². The molecule has 0 amide bonds. The maximum atomic E-state index is 11.0. The molecule has 0 aromatic carbocycles. The van der Waals surface area contributed by atoms with E-state index >= 15 is 0 Å². The molecule has 1 aliphatic heterocycles. The Labute approximate surface area is 110 Å². The van der Waals surface area contributed by atoms with Gasteiger partial charge < -0.3 is 9.84 Å². The molecule has 2 rings (SSSR count). The molecule has 1 heterocycles. The summed E-state index contributed by atoms with van der Waals surface area (Å²) in [4.78, 5) is 0. The summed E-state index contributed by atoms with van der Waals surface area (Å²) in [5, 5.41) is 20.6. The van der Waals surface area contributed by atoms with E-state index in [9.17, 15) is 10.4 Å². The molecule has 0 bridgehead atoms. The number of aliphatic hydroxyl groups is 1.